The van der Waals surface area contributed by atoms with Crippen LogP contribution in [-0.2, 0) is 4.79 Å². The Morgan fingerprint density at radius 2 is 1.92 bits per heavy atom. The van der Waals surface area contributed by atoms with Gasteiger partial charge in [0.15, 0.2) is 5.82 Å². The molecular weight excluding hydrogens is 496 g/mol. The van der Waals surface area contributed by atoms with Crippen LogP contribution in [0.15, 0.2) is 55.1 Å². The lowest BCUT2D eigenvalue weighted by molar-refractivity contribution is -0.119. The Hall–Kier alpha value is -4.44. The van der Waals surface area contributed by atoms with Crippen LogP contribution in [-0.4, -0.2) is 41.0 Å². The van der Waals surface area contributed by atoms with Crippen molar-refractivity contribution >= 4 is 44.9 Å². The zero-order valence-corrected chi connectivity index (χ0v) is 21.5. The van der Waals surface area contributed by atoms with Crippen LogP contribution < -0.4 is 5.32 Å². The topological polar surface area (TPSA) is 125 Å². The molecule has 3 N–H and O–H groups in total. The van der Waals surface area contributed by atoms with E-state index in [9.17, 15) is 4.79 Å². The van der Waals surface area contributed by atoms with Gasteiger partial charge < -0.3 is 10.3 Å². The summed E-state index contributed by atoms with van der Waals surface area (Å²) in [6.07, 6.45) is 11.1. The fraction of sp³-hybridized carbons (Fsp3) is 0.214. The zero-order valence-electron chi connectivity index (χ0n) is 20.7. The van der Waals surface area contributed by atoms with Gasteiger partial charge in [-0.05, 0) is 50.1 Å². The number of imidazole rings is 1. The third-order valence-corrected chi connectivity index (χ3v) is 8.08. The van der Waals surface area contributed by atoms with Crippen molar-refractivity contribution in [2.75, 3.05) is 5.32 Å². The number of amides is 1. The van der Waals surface area contributed by atoms with Gasteiger partial charge in [0.25, 0.3) is 0 Å². The first-order chi connectivity index (χ1) is 18.6. The number of thiophene rings is 1. The molecular formula is C28H24N8OS. The first-order valence-electron chi connectivity index (χ1n) is 12.6. The average molecular weight is 521 g/mol. The van der Waals surface area contributed by atoms with Gasteiger partial charge in [0.2, 0.25) is 5.91 Å². The van der Waals surface area contributed by atoms with Crippen LogP contribution in [0.5, 0.6) is 0 Å². The maximum Gasteiger partial charge on any atom is 0.227 e. The van der Waals surface area contributed by atoms with Crippen LogP contribution in [0.1, 0.15) is 30.6 Å². The number of hydrogen-bond acceptors (Lipinski definition) is 7. The van der Waals surface area contributed by atoms with Crippen LogP contribution in [0.25, 0.3) is 55.3 Å². The van der Waals surface area contributed by atoms with Crippen molar-refractivity contribution in [3.8, 4) is 33.3 Å². The van der Waals surface area contributed by atoms with Crippen molar-refractivity contribution in [3.05, 3.63) is 60.0 Å². The summed E-state index contributed by atoms with van der Waals surface area (Å²) in [5, 5.41) is 11.5. The maximum atomic E-state index is 12.6. The quantitative estimate of drug-likeness (QED) is 0.251. The van der Waals surface area contributed by atoms with E-state index in [4.69, 9.17) is 4.98 Å². The lowest BCUT2D eigenvalue weighted by Gasteiger charge is -2.11. The van der Waals surface area contributed by atoms with Gasteiger partial charge in [-0.2, -0.15) is 5.10 Å². The van der Waals surface area contributed by atoms with Gasteiger partial charge in [-0.15, -0.1) is 11.3 Å². The molecule has 1 amide bonds. The molecule has 6 aromatic heterocycles. The lowest BCUT2D eigenvalue weighted by atomic mass is 10.1. The number of nitrogens with zero attached hydrogens (tertiary/aromatic N) is 5. The molecule has 1 aliphatic rings. The highest BCUT2D eigenvalue weighted by atomic mass is 32.1. The van der Waals surface area contributed by atoms with Gasteiger partial charge in [0, 0.05) is 34.1 Å². The second kappa shape index (κ2) is 9.14. The molecule has 0 aromatic carbocycles. The summed E-state index contributed by atoms with van der Waals surface area (Å²) in [5.41, 5.74) is 6.29. The minimum Gasteiger partial charge on any atom is -0.336 e. The zero-order chi connectivity index (χ0) is 25.6. The van der Waals surface area contributed by atoms with Gasteiger partial charge in [-0.3, -0.25) is 24.8 Å². The maximum absolute atomic E-state index is 12.6. The molecule has 0 radical (unpaired) electrons. The Morgan fingerprint density at radius 3 is 2.76 bits per heavy atom. The third kappa shape index (κ3) is 4.03. The summed E-state index contributed by atoms with van der Waals surface area (Å²) in [6, 6.07) is 9.98. The van der Waals surface area contributed by atoms with E-state index >= 15 is 0 Å². The molecule has 0 atom stereocenters. The second-order valence-electron chi connectivity index (χ2n) is 9.67. The van der Waals surface area contributed by atoms with Crippen LogP contribution in [0.4, 0.5) is 5.69 Å². The highest BCUT2D eigenvalue weighted by Crippen LogP contribution is 2.34. The van der Waals surface area contributed by atoms with Crippen LogP contribution in [0.2, 0.25) is 0 Å². The van der Waals surface area contributed by atoms with E-state index in [-0.39, 0.29) is 11.8 Å². The molecule has 9 nitrogen and oxygen atoms in total. The molecule has 0 aliphatic heterocycles. The van der Waals surface area contributed by atoms with Crippen molar-refractivity contribution in [1.82, 2.24) is 35.1 Å². The fourth-order valence-electron chi connectivity index (χ4n) is 5.13. The highest BCUT2D eigenvalue weighted by molar-refractivity contribution is 7.15. The van der Waals surface area contributed by atoms with Crippen molar-refractivity contribution < 1.29 is 4.79 Å². The standard InChI is InChI=1S/C28H24N8OS/c1-15-6-7-23(38-15)26-25-20(8-9-30-26)33-27(34-25)24-19-11-21(31-14-22(19)35-36-24)17-10-18(13-29-12-17)32-28(37)16-4-2-3-5-16/h6-14,16H,2-5H2,1H3,(H,32,37)(H,33,34)(H,35,36). The van der Waals surface area contributed by atoms with Gasteiger partial charge in [-0.25, -0.2) is 4.98 Å². The Morgan fingerprint density at radius 1 is 1.03 bits per heavy atom. The van der Waals surface area contributed by atoms with Gasteiger partial charge >= 0.3 is 0 Å². The average Bonchev–Trinajstić information content (AvgIpc) is 3.74. The predicted molar refractivity (Wildman–Crippen MR) is 149 cm³/mol. The molecule has 6 aromatic rings. The SMILES string of the molecule is Cc1ccc(-c2nccc3[nH]c(-c4n[nH]c5cnc(-c6cncc(NC(=O)C7CCCC7)c6)cc45)nc23)s1. The molecule has 0 spiro atoms. The number of nitrogens with one attached hydrogen (secondary N) is 3. The minimum atomic E-state index is 0.0680. The Bertz CT molecular complexity index is 1810. The van der Waals surface area contributed by atoms with Gasteiger partial charge in [-0.1, -0.05) is 12.8 Å². The Labute approximate surface area is 221 Å². The molecule has 10 heteroatoms. The van der Waals surface area contributed by atoms with Crippen molar-refractivity contribution in [2.45, 2.75) is 32.6 Å². The number of carbonyl (C=O) groups excluding carboxylic acids is 1. The van der Waals surface area contributed by atoms with Crippen molar-refractivity contribution in [3.63, 3.8) is 0 Å². The molecule has 0 bridgehead atoms. The van der Waals surface area contributed by atoms with Gasteiger partial charge in [0.05, 0.1) is 39.7 Å². The molecule has 0 unspecified atom stereocenters. The molecule has 1 saturated carbocycles. The largest absolute Gasteiger partial charge is 0.336 e. The first kappa shape index (κ1) is 22.7. The number of H-pyrrole nitrogens is 2. The summed E-state index contributed by atoms with van der Waals surface area (Å²) in [6.45, 7) is 2.08. The fourth-order valence-corrected chi connectivity index (χ4v) is 5.99. The monoisotopic (exact) mass is 520 g/mol. The number of pyridine rings is 3. The number of fused-ring (bicyclic) bond motifs is 2. The predicted octanol–water partition coefficient (Wildman–Crippen LogP) is 6.12. The van der Waals surface area contributed by atoms with E-state index in [1.165, 1.54) is 4.88 Å². The highest BCUT2D eigenvalue weighted by Gasteiger charge is 2.23. The molecule has 6 heterocycles. The summed E-state index contributed by atoms with van der Waals surface area (Å²) in [4.78, 5) is 36.8. The summed E-state index contributed by atoms with van der Waals surface area (Å²) < 4.78 is 0. The molecule has 1 fully saturated rings. The molecule has 188 valence electrons. The van der Waals surface area contributed by atoms with E-state index < -0.39 is 0 Å². The van der Waals surface area contributed by atoms with E-state index in [1.807, 2.05) is 18.2 Å². The molecule has 0 saturated heterocycles. The summed E-state index contributed by atoms with van der Waals surface area (Å²) >= 11 is 1.70. The van der Waals surface area contributed by atoms with Crippen LogP contribution in [0, 0.1) is 12.8 Å². The second-order valence-corrected chi connectivity index (χ2v) is 11.0. The molecule has 1 aliphatic carbocycles. The molecule has 38 heavy (non-hydrogen) atoms. The number of hydrogen-bond donors (Lipinski definition) is 3. The minimum absolute atomic E-state index is 0.0680. The normalized spacial score (nSPS) is 14.0. The Balaban J connectivity index is 1.24. The number of rotatable bonds is 5. The number of carbonyl (C=O) groups is 1. The number of aromatic nitrogens is 7. The van der Waals surface area contributed by atoms with Crippen LogP contribution in [0.3, 0.4) is 0 Å². The van der Waals surface area contributed by atoms with E-state index in [2.05, 4.69) is 54.5 Å². The first-order valence-corrected chi connectivity index (χ1v) is 13.5. The summed E-state index contributed by atoms with van der Waals surface area (Å²) in [5.74, 6) is 0.810. The van der Waals surface area contributed by atoms with Crippen molar-refractivity contribution in [1.29, 1.82) is 0 Å². The summed E-state index contributed by atoms with van der Waals surface area (Å²) in [7, 11) is 0. The third-order valence-electron chi connectivity index (χ3n) is 7.07. The van der Waals surface area contributed by atoms with E-state index in [0.29, 0.717) is 17.2 Å². The van der Waals surface area contributed by atoms with Gasteiger partial charge in [0.1, 0.15) is 16.9 Å². The number of anilines is 1. The number of aromatic amines is 2. The van der Waals surface area contributed by atoms with Crippen molar-refractivity contribution in [2.24, 2.45) is 5.92 Å². The number of aryl methyl sites for hydroxylation is 1. The Kier molecular flexibility index (Phi) is 5.47. The van der Waals surface area contributed by atoms with Crippen LogP contribution >= 0.6 is 11.3 Å². The molecule has 7 rings (SSSR count). The smallest absolute Gasteiger partial charge is 0.227 e. The van der Waals surface area contributed by atoms with E-state index in [0.717, 1.165) is 69.4 Å². The van der Waals surface area contributed by atoms with E-state index in [1.54, 1.807) is 36.1 Å². The lowest BCUT2D eigenvalue weighted by Crippen LogP contribution is -2.20.